The molecule has 0 aliphatic rings. The van der Waals surface area contributed by atoms with Crippen molar-refractivity contribution in [2.45, 2.75) is 6.42 Å². The molecule has 13 heavy (non-hydrogen) atoms. The van der Waals surface area contributed by atoms with Crippen molar-refractivity contribution in [3.8, 4) is 0 Å². The van der Waals surface area contributed by atoms with E-state index in [0.717, 1.165) is 0 Å². The van der Waals surface area contributed by atoms with Crippen LogP contribution in [0, 0.1) is 9.39 Å². The van der Waals surface area contributed by atoms with Crippen molar-refractivity contribution in [2.75, 3.05) is 0 Å². The van der Waals surface area contributed by atoms with Crippen LogP contribution < -0.4 is 0 Å². The Balaban J connectivity index is 3.17. The van der Waals surface area contributed by atoms with Gasteiger partial charge in [0.15, 0.2) is 0 Å². The van der Waals surface area contributed by atoms with Gasteiger partial charge >= 0.3 is 5.97 Å². The average Bonchev–Trinajstić information content (AvgIpc) is 2.05. The number of carbonyl (C=O) groups is 1. The lowest BCUT2D eigenvalue weighted by Crippen LogP contribution is -2.05. The summed E-state index contributed by atoms with van der Waals surface area (Å²) in [6, 6.07) is 2.81. The molecule has 1 N–H and O–H groups in total. The van der Waals surface area contributed by atoms with Crippen LogP contribution in [0.2, 0.25) is 0 Å². The van der Waals surface area contributed by atoms with E-state index < -0.39 is 11.8 Å². The molecule has 70 valence electrons. The summed E-state index contributed by atoms with van der Waals surface area (Å²) in [5, 5.41) is 8.52. The molecule has 1 aromatic carbocycles. The molecular weight excluding hydrogens is 354 g/mol. The van der Waals surface area contributed by atoms with Crippen LogP contribution in [0.3, 0.4) is 0 Å². The molecule has 0 fully saturated rings. The monoisotopic (exact) mass is 358 g/mol. The summed E-state index contributed by atoms with van der Waals surface area (Å²) in [5.74, 6) is -1.51. The molecule has 0 saturated heterocycles. The van der Waals surface area contributed by atoms with E-state index in [2.05, 4.69) is 15.9 Å². The third kappa shape index (κ3) is 2.63. The lowest BCUT2D eigenvalue weighted by atomic mass is 10.1. The minimum atomic E-state index is -1.03. The lowest BCUT2D eigenvalue weighted by molar-refractivity contribution is -0.136. The number of rotatable bonds is 2. The van der Waals surface area contributed by atoms with Gasteiger partial charge in [-0.15, -0.1) is 0 Å². The highest BCUT2D eigenvalue weighted by molar-refractivity contribution is 14.1. The van der Waals surface area contributed by atoms with Crippen molar-refractivity contribution in [2.24, 2.45) is 0 Å². The number of halogens is 3. The Morgan fingerprint density at radius 1 is 1.62 bits per heavy atom. The molecule has 0 spiro atoms. The largest absolute Gasteiger partial charge is 0.481 e. The molecule has 1 aromatic rings. The van der Waals surface area contributed by atoms with E-state index in [-0.39, 0.29) is 12.0 Å². The SMILES string of the molecule is O=C(O)Cc1c(F)ccc(Br)c1I. The van der Waals surface area contributed by atoms with Crippen molar-refractivity contribution in [1.82, 2.24) is 0 Å². The quantitative estimate of drug-likeness (QED) is 0.652. The van der Waals surface area contributed by atoms with Gasteiger partial charge in [0, 0.05) is 13.6 Å². The molecule has 0 saturated carbocycles. The van der Waals surface area contributed by atoms with Crippen LogP contribution in [0.25, 0.3) is 0 Å². The highest BCUT2D eigenvalue weighted by atomic mass is 127. The molecule has 0 bridgehead atoms. The van der Waals surface area contributed by atoms with Crippen molar-refractivity contribution in [1.29, 1.82) is 0 Å². The fourth-order valence-corrected chi connectivity index (χ4v) is 1.88. The molecule has 0 radical (unpaired) electrons. The lowest BCUT2D eigenvalue weighted by Gasteiger charge is -2.04. The minimum absolute atomic E-state index is 0.225. The summed E-state index contributed by atoms with van der Waals surface area (Å²) in [5.41, 5.74) is 0.225. The summed E-state index contributed by atoms with van der Waals surface area (Å²) in [4.78, 5) is 10.4. The van der Waals surface area contributed by atoms with Crippen LogP contribution in [0.15, 0.2) is 16.6 Å². The van der Waals surface area contributed by atoms with Crippen LogP contribution >= 0.6 is 38.5 Å². The van der Waals surface area contributed by atoms with Gasteiger partial charge in [0.25, 0.3) is 0 Å². The van der Waals surface area contributed by atoms with E-state index in [1.807, 2.05) is 22.6 Å². The zero-order valence-corrected chi connectivity index (χ0v) is 10.1. The molecule has 0 aromatic heterocycles. The van der Waals surface area contributed by atoms with E-state index in [1.165, 1.54) is 6.07 Å². The van der Waals surface area contributed by atoms with Gasteiger partial charge in [0.2, 0.25) is 0 Å². The van der Waals surface area contributed by atoms with E-state index in [9.17, 15) is 9.18 Å². The number of benzene rings is 1. The third-order valence-electron chi connectivity index (χ3n) is 1.47. The van der Waals surface area contributed by atoms with Crippen molar-refractivity contribution in [3.63, 3.8) is 0 Å². The van der Waals surface area contributed by atoms with Crippen LogP contribution in [0.5, 0.6) is 0 Å². The molecule has 0 atom stereocenters. The highest BCUT2D eigenvalue weighted by Gasteiger charge is 2.12. The van der Waals surface area contributed by atoms with Gasteiger partial charge in [-0.3, -0.25) is 4.79 Å². The van der Waals surface area contributed by atoms with Gasteiger partial charge in [0.1, 0.15) is 5.82 Å². The number of aliphatic carboxylic acids is 1. The number of carboxylic acid groups (broad SMARTS) is 1. The fourth-order valence-electron chi connectivity index (χ4n) is 0.882. The first-order valence-electron chi connectivity index (χ1n) is 3.36. The molecular formula is C8H5BrFIO2. The maximum Gasteiger partial charge on any atom is 0.307 e. The minimum Gasteiger partial charge on any atom is -0.481 e. The maximum atomic E-state index is 13.1. The zero-order valence-electron chi connectivity index (χ0n) is 6.35. The van der Waals surface area contributed by atoms with E-state index >= 15 is 0 Å². The normalized spacial score (nSPS) is 10.1. The van der Waals surface area contributed by atoms with Gasteiger partial charge in [-0.25, -0.2) is 4.39 Å². The van der Waals surface area contributed by atoms with Crippen LogP contribution in [-0.4, -0.2) is 11.1 Å². The first kappa shape index (κ1) is 10.9. The van der Waals surface area contributed by atoms with E-state index in [4.69, 9.17) is 5.11 Å². The molecule has 0 amide bonds. The fraction of sp³-hybridized carbons (Fsp3) is 0.125. The summed E-state index contributed by atoms with van der Waals surface area (Å²) in [6.07, 6.45) is -0.288. The number of hydrogen-bond acceptors (Lipinski definition) is 1. The second kappa shape index (κ2) is 4.36. The van der Waals surface area contributed by atoms with Crippen LogP contribution in [0.4, 0.5) is 4.39 Å². The Morgan fingerprint density at radius 3 is 2.77 bits per heavy atom. The van der Waals surface area contributed by atoms with E-state index in [0.29, 0.717) is 8.04 Å². The van der Waals surface area contributed by atoms with Gasteiger partial charge in [-0.05, 0) is 50.7 Å². The first-order chi connectivity index (χ1) is 6.02. The van der Waals surface area contributed by atoms with Crippen molar-refractivity contribution < 1.29 is 14.3 Å². The smallest absolute Gasteiger partial charge is 0.307 e. The Labute approximate surface area is 96.4 Å². The first-order valence-corrected chi connectivity index (χ1v) is 5.23. The molecule has 1 rings (SSSR count). The third-order valence-corrected chi connectivity index (χ3v) is 4.10. The Morgan fingerprint density at radius 2 is 2.23 bits per heavy atom. The number of hydrogen-bond donors (Lipinski definition) is 1. The second-order valence-corrected chi connectivity index (χ2v) is 4.33. The van der Waals surface area contributed by atoms with Gasteiger partial charge in [-0.1, -0.05) is 0 Å². The maximum absolute atomic E-state index is 13.1. The second-order valence-electron chi connectivity index (χ2n) is 2.39. The summed E-state index contributed by atoms with van der Waals surface area (Å²) < 4.78 is 14.4. The van der Waals surface area contributed by atoms with Gasteiger partial charge in [-0.2, -0.15) is 0 Å². The molecule has 0 aliphatic carbocycles. The Hall–Kier alpha value is -0.170. The van der Waals surface area contributed by atoms with Crippen molar-refractivity contribution >= 4 is 44.5 Å². The van der Waals surface area contributed by atoms with Crippen molar-refractivity contribution in [3.05, 3.63) is 31.6 Å². The zero-order chi connectivity index (χ0) is 10.0. The average molecular weight is 359 g/mol. The topological polar surface area (TPSA) is 37.3 Å². The number of carboxylic acids is 1. The molecule has 0 unspecified atom stereocenters. The predicted octanol–water partition coefficient (Wildman–Crippen LogP) is 2.82. The Kier molecular flexibility index (Phi) is 3.66. The molecule has 0 aliphatic heterocycles. The predicted molar refractivity (Wildman–Crippen MR) is 58.2 cm³/mol. The molecule has 2 nitrogen and oxygen atoms in total. The van der Waals surface area contributed by atoms with Gasteiger partial charge < -0.3 is 5.11 Å². The van der Waals surface area contributed by atoms with E-state index in [1.54, 1.807) is 6.07 Å². The standard InChI is InChI=1S/C8H5BrFIO2/c9-5-1-2-6(10)4(8(5)11)3-7(12)13/h1-2H,3H2,(H,12,13). The summed E-state index contributed by atoms with van der Waals surface area (Å²) in [6.45, 7) is 0. The molecule has 0 heterocycles. The highest BCUT2D eigenvalue weighted by Crippen LogP contribution is 2.25. The van der Waals surface area contributed by atoms with Crippen LogP contribution in [-0.2, 0) is 11.2 Å². The Bertz CT molecular complexity index is 354. The summed E-state index contributed by atoms with van der Waals surface area (Å²) in [7, 11) is 0. The summed E-state index contributed by atoms with van der Waals surface area (Å²) >= 11 is 5.12. The van der Waals surface area contributed by atoms with Crippen LogP contribution in [0.1, 0.15) is 5.56 Å². The van der Waals surface area contributed by atoms with Gasteiger partial charge in [0.05, 0.1) is 6.42 Å². The molecule has 5 heteroatoms.